The van der Waals surface area contributed by atoms with Crippen molar-refractivity contribution in [3.63, 3.8) is 0 Å². The molecule has 2 aromatic rings. The summed E-state index contributed by atoms with van der Waals surface area (Å²) in [6.45, 7) is 2.06. The summed E-state index contributed by atoms with van der Waals surface area (Å²) in [5.74, 6) is 0. The van der Waals surface area contributed by atoms with Gasteiger partial charge in [0.2, 0.25) is 0 Å². The van der Waals surface area contributed by atoms with E-state index in [2.05, 4.69) is 19.1 Å². The van der Waals surface area contributed by atoms with Crippen LogP contribution in [0.2, 0.25) is 4.34 Å². The third-order valence-corrected chi connectivity index (χ3v) is 3.85. The van der Waals surface area contributed by atoms with Crippen LogP contribution < -0.4 is 0 Å². The number of halogens is 1. The molecule has 1 heterocycles. The second-order valence-corrected chi connectivity index (χ2v) is 4.76. The minimum absolute atomic E-state index is 0.391. The van der Waals surface area contributed by atoms with Gasteiger partial charge in [0.05, 0.1) is 16.8 Å². The SMILES string of the molecule is Cc1cccc2c(CC#N)c(Cl)sc12. The molecule has 0 spiro atoms. The van der Waals surface area contributed by atoms with Crippen LogP contribution in [0.15, 0.2) is 18.2 Å². The molecule has 0 unspecified atom stereocenters. The van der Waals surface area contributed by atoms with E-state index in [0.29, 0.717) is 6.42 Å². The number of hydrogen-bond donors (Lipinski definition) is 0. The van der Waals surface area contributed by atoms with Crippen LogP contribution in [-0.2, 0) is 6.42 Å². The number of nitrogens with zero attached hydrogens (tertiary/aromatic N) is 1. The summed E-state index contributed by atoms with van der Waals surface area (Å²) in [6, 6.07) is 8.23. The Balaban J connectivity index is 2.78. The molecular weight excluding hydrogens is 214 g/mol. The van der Waals surface area contributed by atoms with Gasteiger partial charge in [0.1, 0.15) is 0 Å². The van der Waals surface area contributed by atoms with Gasteiger partial charge in [-0.25, -0.2) is 0 Å². The van der Waals surface area contributed by atoms with Gasteiger partial charge in [0.25, 0.3) is 0 Å². The zero-order chi connectivity index (χ0) is 10.1. The summed E-state index contributed by atoms with van der Waals surface area (Å²) >= 11 is 7.65. The molecule has 0 saturated heterocycles. The van der Waals surface area contributed by atoms with Crippen molar-refractivity contribution in [1.82, 2.24) is 0 Å². The van der Waals surface area contributed by atoms with Crippen molar-refractivity contribution in [2.75, 3.05) is 0 Å². The van der Waals surface area contributed by atoms with Crippen molar-refractivity contribution in [2.24, 2.45) is 0 Å². The third kappa shape index (κ3) is 1.39. The second-order valence-electron chi connectivity index (χ2n) is 3.14. The Labute approximate surface area is 91.5 Å². The first kappa shape index (κ1) is 9.51. The predicted molar refractivity (Wildman–Crippen MR) is 60.9 cm³/mol. The molecule has 0 fully saturated rings. The molecule has 14 heavy (non-hydrogen) atoms. The number of benzene rings is 1. The Kier molecular flexibility index (Phi) is 2.45. The van der Waals surface area contributed by atoms with Crippen LogP contribution in [0.4, 0.5) is 0 Å². The summed E-state index contributed by atoms with van der Waals surface area (Å²) in [4.78, 5) is 0. The average Bonchev–Trinajstić information content (AvgIpc) is 2.47. The number of fused-ring (bicyclic) bond motifs is 1. The number of rotatable bonds is 1. The molecule has 0 saturated carbocycles. The maximum Gasteiger partial charge on any atom is 0.0983 e. The predicted octanol–water partition coefficient (Wildman–Crippen LogP) is 3.93. The molecule has 2 rings (SSSR count). The third-order valence-electron chi connectivity index (χ3n) is 2.22. The lowest BCUT2D eigenvalue weighted by atomic mass is 10.1. The molecule has 0 aliphatic rings. The molecular formula is C11H8ClNS. The van der Waals surface area contributed by atoms with Gasteiger partial charge in [0, 0.05) is 10.3 Å². The molecule has 1 aromatic carbocycles. The first-order valence-electron chi connectivity index (χ1n) is 4.27. The van der Waals surface area contributed by atoms with Crippen molar-refractivity contribution < 1.29 is 0 Å². The molecule has 0 radical (unpaired) electrons. The molecule has 0 aliphatic carbocycles. The minimum Gasteiger partial charge on any atom is -0.198 e. The van der Waals surface area contributed by atoms with Gasteiger partial charge in [-0.3, -0.25) is 0 Å². The topological polar surface area (TPSA) is 23.8 Å². The van der Waals surface area contributed by atoms with Crippen molar-refractivity contribution in [3.05, 3.63) is 33.7 Å². The summed E-state index contributed by atoms with van der Waals surface area (Å²) in [5, 5.41) is 9.81. The molecule has 70 valence electrons. The first-order chi connectivity index (χ1) is 6.74. The summed E-state index contributed by atoms with van der Waals surface area (Å²) < 4.78 is 1.94. The molecule has 0 atom stereocenters. The van der Waals surface area contributed by atoms with Gasteiger partial charge in [-0.05, 0) is 17.9 Å². The fourth-order valence-corrected chi connectivity index (χ4v) is 2.94. The van der Waals surface area contributed by atoms with E-state index >= 15 is 0 Å². The molecule has 0 bridgehead atoms. The average molecular weight is 222 g/mol. The lowest BCUT2D eigenvalue weighted by Crippen LogP contribution is -1.79. The van der Waals surface area contributed by atoms with Crippen LogP contribution in [-0.4, -0.2) is 0 Å². The molecule has 1 nitrogen and oxygen atoms in total. The number of hydrogen-bond acceptors (Lipinski definition) is 2. The number of nitriles is 1. The van der Waals surface area contributed by atoms with E-state index in [1.54, 1.807) is 11.3 Å². The van der Waals surface area contributed by atoms with Gasteiger partial charge < -0.3 is 0 Å². The van der Waals surface area contributed by atoms with E-state index in [0.717, 1.165) is 15.3 Å². The van der Waals surface area contributed by atoms with Gasteiger partial charge in [-0.15, -0.1) is 11.3 Å². The Hall–Kier alpha value is -1.04. The van der Waals surface area contributed by atoms with Crippen molar-refractivity contribution in [1.29, 1.82) is 5.26 Å². The second kappa shape index (κ2) is 3.61. The fourth-order valence-electron chi connectivity index (χ4n) is 1.53. The lowest BCUT2D eigenvalue weighted by Gasteiger charge is -1.95. The van der Waals surface area contributed by atoms with E-state index in [9.17, 15) is 0 Å². The Bertz CT molecular complexity index is 522. The molecule has 0 aliphatic heterocycles. The zero-order valence-corrected chi connectivity index (χ0v) is 9.25. The molecule has 0 amide bonds. The molecule has 3 heteroatoms. The van der Waals surface area contributed by atoms with E-state index in [1.165, 1.54) is 10.3 Å². The van der Waals surface area contributed by atoms with Crippen LogP contribution in [0.5, 0.6) is 0 Å². The van der Waals surface area contributed by atoms with Gasteiger partial charge in [-0.1, -0.05) is 29.8 Å². The monoisotopic (exact) mass is 221 g/mol. The van der Waals surface area contributed by atoms with E-state index in [4.69, 9.17) is 16.9 Å². The van der Waals surface area contributed by atoms with Crippen molar-refractivity contribution in [2.45, 2.75) is 13.3 Å². The number of thiophene rings is 1. The standard InChI is InChI=1S/C11H8ClNS/c1-7-3-2-4-8-9(5-6-13)11(12)14-10(7)8/h2-4H,5H2,1H3. The van der Waals surface area contributed by atoms with Crippen LogP contribution in [0.1, 0.15) is 11.1 Å². The van der Waals surface area contributed by atoms with E-state index in [1.807, 2.05) is 12.1 Å². The highest BCUT2D eigenvalue weighted by Gasteiger charge is 2.10. The van der Waals surface area contributed by atoms with Gasteiger partial charge in [0.15, 0.2) is 0 Å². The highest BCUT2D eigenvalue weighted by Crippen LogP contribution is 2.36. The Morgan fingerprint density at radius 3 is 3.00 bits per heavy atom. The maximum atomic E-state index is 8.69. The highest BCUT2D eigenvalue weighted by atomic mass is 35.5. The summed E-state index contributed by atoms with van der Waals surface area (Å²) in [7, 11) is 0. The molecule has 0 N–H and O–H groups in total. The van der Waals surface area contributed by atoms with E-state index < -0.39 is 0 Å². The minimum atomic E-state index is 0.391. The highest BCUT2D eigenvalue weighted by molar-refractivity contribution is 7.23. The maximum absolute atomic E-state index is 8.69. The van der Waals surface area contributed by atoms with Crippen LogP contribution in [0.25, 0.3) is 10.1 Å². The number of aryl methyl sites for hydroxylation is 1. The van der Waals surface area contributed by atoms with Crippen LogP contribution in [0.3, 0.4) is 0 Å². The summed E-state index contributed by atoms with van der Waals surface area (Å²) in [6.07, 6.45) is 0.391. The van der Waals surface area contributed by atoms with Crippen LogP contribution >= 0.6 is 22.9 Å². The zero-order valence-electron chi connectivity index (χ0n) is 7.67. The van der Waals surface area contributed by atoms with Gasteiger partial charge >= 0.3 is 0 Å². The first-order valence-corrected chi connectivity index (χ1v) is 5.47. The van der Waals surface area contributed by atoms with Crippen LogP contribution in [0, 0.1) is 18.3 Å². The fraction of sp³-hybridized carbons (Fsp3) is 0.182. The largest absolute Gasteiger partial charge is 0.198 e. The van der Waals surface area contributed by atoms with E-state index in [-0.39, 0.29) is 0 Å². The Morgan fingerprint density at radius 1 is 1.50 bits per heavy atom. The van der Waals surface area contributed by atoms with Crippen molar-refractivity contribution in [3.8, 4) is 6.07 Å². The summed E-state index contributed by atoms with van der Waals surface area (Å²) in [5.41, 5.74) is 2.19. The smallest absolute Gasteiger partial charge is 0.0983 e. The van der Waals surface area contributed by atoms with Gasteiger partial charge in [-0.2, -0.15) is 5.26 Å². The Morgan fingerprint density at radius 2 is 2.29 bits per heavy atom. The lowest BCUT2D eigenvalue weighted by molar-refractivity contribution is 1.30. The normalized spacial score (nSPS) is 10.4. The quantitative estimate of drug-likeness (QED) is 0.716. The molecule has 1 aromatic heterocycles. The van der Waals surface area contributed by atoms with Crippen molar-refractivity contribution >= 4 is 33.0 Å².